The van der Waals surface area contributed by atoms with E-state index in [-0.39, 0.29) is 6.04 Å². The molecule has 0 aliphatic heterocycles. The van der Waals surface area contributed by atoms with Crippen molar-refractivity contribution in [2.75, 3.05) is 6.61 Å². The summed E-state index contributed by atoms with van der Waals surface area (Å²) in [5, 5.41) is 0. The first-order chi connectivity index (χ1) is 7.04. The van der Waals surface area contributed by atoms with Crippen LogP contribution in [0.25, 0.3) is 0 Å². The number of hydrogen-bond donors (Lipinski definition) is 1. The molecule has 0 aromatic heterocycles. The minimum Gasteiger partial charge on any atom is -0.493 e. The molecule has 0 bridgehead atoms. The standard InChI is InChI=1S/C13H21NO/c1-5-15-13-10(3)6-9(2)7-12(13)8-11(4)14/h6-7,11H,5,8,14H2,1-4H3. The number of benzene rings is 1. The third-order valence-corrected chi connectivity index (χ3v) is 2.33. The molecule has 1 rings (SSSR count). The first-order valence-corrected chi connectivity index (χ1v) is 5.53. The molecular formula is C13H21NO. The van der Waals surface area contributed by atoms with Crippen molar-refractivity contribution >= 4 is 0 Å². The van der Waals surface area contributed by atoms with Crippen LogP contribution in [0.4, 0.5) is 0 Å². The zero-order chi connectivity index (χ0) is 11.4. The number of ether oxygens (including phenoxy) is 1. The van der Waals surface area contributed by atoms with Crippen molar-refractivity contribution in [1.82, 2.24) is 0 Å². The first-order valence-electron chi connectivity index (χ1n) is 5.53. The van der Waals surface area contributed by atoms with Crippen molar-refractivity contribution in [2.24, 2.45) is 5.73 Å². The van der Waals surface area contributed by atoms with Crippen molar-refractivity contribution in [2.45, 2.75) is 40.2 Å². The van der Waals surface area contributed by atoms with Crippen LogP contribution in [0.5, 0.6) is 5.75 Å². The summed E-state index contributed by atoms with van der Waals surface area (Å²) < 4.78 is 5.67. The van der Waals surface area contributed by atoms with E-state index in [1.165, 1.54) is 16.7 Å². The predicted molar refractivity (Wildman–Crippen MR) is 64.4 cm³/mol. The van der Waals surface area contributed by atoms with Gasteiger partial charge >= 0.3 is 0 Å². The van der Waals surface area contributed by atoms with E-state index in [9.17, 15) is 0 Å². The van der Waals surface area contributed by atoms with E-state index in [1.807, 2.05) is 13.8 Å². The molecule has 84 valence electrons. The van der Waals surface area contributed by atoms with Crippen LogP contribution in [0, 0.1) is 13.8 Å². The Morgan fingerprint density at radius 2 is 2.00 bits per heavy atom. The molecule has 0 aliphatic carbocycles. The van der Waals surface area contributed by atoms with E-state index >= 15 is 0 Å². The second-order valence-electron chi connectivity index (χ2n) is 4.18. The molecule has 2 nitrogen and oxygen atoms in total. The normalized spacial score (nSPS) is 12.6. The fraction of sp³-hybridized carbons (Fsp3) is 0.538. The van der Waals surface area contributed by atoms with Gasteiger partial charge in [0.15, 0.2) is 0 Å². The lowest BCUT2D eigenvalue weighted by atomic mass is 10.0. The molecule has 15 heavy (non-hydrogen) atoms. The first kappa shape index (κ1) is 12.1. The zero-order valence-electron chi connectivity index (χ0n) is 10.1. The van der Waals surface area contributed by atoms with Crippen molar-refractivity contribution in [3.05, 3.63) is 28.8 Å². The third kappa shape index (κ3) is 3.24. The SMILES string of the molecule is CCOc1c(C)cc(C)cc1CC(C)N. The Labute approximate surface area is 92.4 Å². The molecule has 1 aromatic rings. The van der Waals surface area contributed by atoms with Gasteiger partial charge in [0.05, 0.1) is 6.61 Å². The van der Waals surface area contributed by atoms with Crippen molar-refractivity contribution in [3.63, 3.8) is 0 Å². The van der Waals surface area contributed by atoms with Gasteiger partial charge in [-0.05, 0) is 45.2 Å². The summed E-state index contributed by atoms with van der Waals surface area (Å²) in [4.78, 5) is 0. The van der Waals surface area contributed by atoms with Crippen molar-refractivity contribution in [3.8, 4) is 5.75 Å². The fourth-order valence-electron chi connectivity index (χ4n) is 1.89. The highest BCUT2D eigenvalue weighted by molar-refractivity contribution is 5.44. The molecule has 1 atom stereocenters. The topological polar surface area (TPSA) is 35.2 Å². The van der Waals surface area contributed by atoms with Gasteiger partial charge in [0, 0.05) is 6.04 Å². The minimum absolute atomic E-state index is 0.172. The molecule has 0 fully saturated rings. The molecular weight excluding hydrogens is 186 g/mol. The Morgan fingerprint density at radius 3 is 2.53 bits per heavy atom. The fourth-order valence-corrected chi connectivity index (χ4v) is 1.89. The lowest BCUT2D eigenvalue weighted by Gasteiger charge is -2.15. The van der Waals surface area contributed by atoms with Crippen molar-refractivity contribution in [1.29, 1.82) is 0 Å². The van der Waals surface area contributed by atoms with E-state index in [1.54, 1.807) is 0 Å². The van der Waals surface area contributed by atoms with Crippen LogP contribution in [0.3, 0.4) is 0 Å². The maximum absolute atomic E-state index is 5.83. The smallest absolute Gasteiger partial charge is 0.125 e. The third-order valence-electron chi connectivity index (χ3n) is 2.33. The largest absolute Gasteiger partial charge is 0.493 e. The van der Waals surface area contributed by atoms with Gasteiger partial charge in [-0.15, -0.1) is 0 Å². The van der Waals surface area contributed by atoms with Gasteiger partial charge in [-0.1, -0.05) is 17.7 Å². The Balaban J connectivity index is 3.08. The van der Waals surface area contributed by atoms with Crippen LogP contribution in [-0.4, -0.2) is 12.6 Å². The molecule has 2 heteroatoms. The summed E-state index contributed by atoms with van der Waals surface area (Å²) in [6, 6.07) is 4.49. The zero-order valence-corrected chi connectivity index (χ0v) is 10.1. The Bertz CT molecular complexity index is 332. The van der Waals surface area contributed by atoms with E-state index in [0.717, 1.165) is 12.2 Å². The van der Waals surface area contributed by atoms with Gasteiger partial charge in [0.1, 0.15) is 5.75 Å². The van der Waals surface area contributed by atoms with Crippen LogP contribution in [0.1, 0.15) is 30.5 Å². The average Bonchev–Trinajstić information content (AvgIpc) is 2.10. The summed E-state index contributed by atoms with van der Waals surface area (Å²) in [5.41, 5.74) is 9.53. The van der Waals surface area contributed by atoms with Crippen LogP contribution < -0.4 is 10.5 Å². The van der Waals surface area contributed by atoms with Gasteiger partial charge in [0.25, 0.3) is 0 Å². The average molecular weight is 207 g/mol. The molecule has 0 heterocycles. The Kier molecular flexibility index (Phi) is 4.15. The maximum atomic E-state index is 5.83. The quantitative estimate of drug-likeness (QED) is 0.823. The van der Waals surface area contributed by atoms with Crippen LogP contribution in [0.15, 0.2) is 12.1 Å². The Hall–Kier alpha value is -1.02. The highest BCUT2D eigenvalue weighted by Crippen LogP contribution is 2.26. The van der Waals surface area contributed by atoms with Gasteiger partial charge in [-0.25, -0.2) is 0 Å². The molecule has 0 saturated heterocycles. The van der Waals surface area contributed by atoms with Gasteiger partial charge < -0.3 is 10.5 Å². The molecule has 0 radical (unpaired) electrons. The molecule has 0 aliphatic rings. The predicted octanol–water partition coefficient (Wildman–Crippen LogP) is 2.59. The summed E-state index contributed by atoms with van der Waals surface area (Å²) in [7, 11) is 0. The lowest BCUT2D eigenvalue weighted by Crippen LogP contribution is -2.18. The molecule has 0 saturated carbocycles. The molecule has 1 unspecified atom stereocenters. The second kappa shape index (κ2) is 5.17. The second-order valence-corrected chi connectivity index (χ2v) is 4.18. The summed E-state index contributed by atoms with van der Waals surface area (Å²) in [6.07, 6.45) is 0.873. The van der Waals surface area contributed by atoms with Crippen molar-refractivity contribution < 1.29 is 4.74 Å². The van der Waals surface area contributed by atoms with E-state index in [4.69, 9.17) is 10.5 Å². The molecule has 2 N–H and O–H groups in total. The number of nitrogens with two attached hydrogens (primary N) is 1. The molecule has 0 amide bonds. The van der Waals surface area contributed by atoms with Crippen LogP contribution in [0.2, 0.25) is 0 Å². The molecule has 0 spiro atoms. The minimum atomic E-state index is 0.172. The van der Waals surface area contributed by atoms with E-state index < -0.39 is 0 Å². The van der Waals surface area contributed by atoms with Crippen LogP contribution in [-0.2, 0) is 6.42 Å². The number of rotatable bonds is 4. The number of hydrogen-bond acceptors (Lipinski definition) is 2. The highest BCUT2D eigenvalue weighted by Gasteiger charge is 2.09. The van der Waals surface area contributed by atoms with Gasteiger partial charge in [-0.2, -0.15) is 0 Å². The summed E-state index contributed by atoms with van der Waals surface area (Å²) >= 11 is 0. The summed E-state index contributed by atoms with van der Waals surface area (Å²) in [6.45, 7) is 8.92. The van der Waals surface area contributed by atoms with E-state index in [2.05, 4.69) is 26.0 Å². The van der Waals surface area contributed by atoms with Gasteiger partial charge in [0.2, 0.25) is 0 Å². The molecule has 1 aromatic carbocycles. The maximum Gasteiger partial charge on any atom is 0.125 e. The monoisotopic (exact) mass is 207 g/mol. The Morgan fingerprint density at radius 1 is 1.33 bits per heavy atom. The summed E-state index contributed by atoms with van der Waals surface area (Å²) in [5.74, 6) is 1.01. The lowest BCUT2D eigenvalue weighted by molar-refractivity contribution is 0.333. The van der Waals surface area contributed by atoms with Gasteiger partial charge in [-0.3, -0.25) is 0 Å². The number of aryl methyl sites for hydroxylation is 2. The van der Waals surface area contributed by atoms with Crippen LogP contribution >= 0.6 is 0 Å². The highest BCUT2D eigenvalue weighted by atomic mass is 16.5. The van der Waals surface area contributed by atoms with E-state index in [0.29, 0.717) is 6.61 Å².